The number of nitrogens with zero attached hydrogens (tertiary/aromatic N) is 1. The average molecular weight is 248 g/mol. The van der Waals surface area contributed by atoms with E-state index in [0.717, 1.165) is 25.9 Å². The van der Waals surface area contributed by atoms with Crippen molar-refractivity contribution in [1.82, 2.24) is 10.2 Å². The minimum absolute atomic E-state index is 0.0481. The highest BCUT2D eigenvalue weighted by Gasteiger charge is 2.31. The zero-order valence-electron chi connectivity index (χ0n) is 10.1. The highest BCUT2D eigenvalue weighted by Crippen LogP contribution is 2.21. The minimum Gasteiger partial charge on any atom is -0.430 e. The summed E-state index contributed by atoms with van der Waals surface area (Å²) in [7, 11) is 0. The molecular weight excluding hydrogens is 232 g/mol. The van der Waals surface area contributed by atoms with Crippen LogP contribution in [0.4, 0.5) is 0 Å². The maximum atomic E-state index is 12.3. The summed E-state index contributed by atoms with van der Waals surface area (Å²) in [5, 5.41) is 3.53. The van der Waals surface area contributed by atoms with Crippen molar-refractivity contribution in [3.8, 4) is 0 Å². The van der Waals surface area contributed by atoms with Crippen LogP contribution >= 0.6 is 0 Å². The van der Waals surface area contributed by atoms with Crippen LogP contribution in [-0.4, -0.2) is 36.0 Å². The largest absolute Gasteiger partial charge is 0.430 e. The van der Waals surface area contributed by atoms with E-state index in [1.54, 1.807) is 0 Å². The Labute approximate surface area is 105 Å². The van der Waals surface area contributed by atoms with Crippen molar-refractivity contribution < 1.29 is 9.21 Å². The lowest BCUT2D eigenvalue weighted by Crippen LogP contribution is -2.39. The number of fused-ring (bicyclic) bond motifs is 2. The van der Waals surface area contributed by atoms with Gasteiger partial charge >= 0.3 is 5.63 Å². The topological polar surface area (TPSA) is 62.6 Å². The summed E-state index contributed by atoms with van der Waals surface area (Å²) < 4.78 is 4.74. The molecule has 2 saturated heterocycles. The average Bonchev–Trinajstić information content (AvgIpc) is 2.69. The van der Waals surface area contributed by atoms with Crippen molar-refractivity contribution in [2.75, 3.05) is 13.1 Å². The second-order valence-corrected chi connectivity index (χ2v) is 5.02. The molecule has 1 aromatic heterocycles. The molecule has 3 rings (SSSR count). The molecule has 0 spiro atoms. The van der Waals surface area contributed by atoms with E-state index in [9.17, 15) is 9.59 Å². The maximum Gasteiger partial charge on any atom is 0.335 e. The van der Waals surface area contributed by atoms with Crippen molar-refractivity contribution in [3.05, 3.63) is 34.4 Å². The Balaban J connectivity index is 1.76. The van der Waals surface area contributed by atoms with Crippen molar-refractivity contribution in [2.45, 2.75) is 31.3 Å². The van der Waals surface area contributed by atoms with Gasteiger partial charge in [0.05, 0.1) is 5.56 Å². The van der Waals surface area contributed by atoms with Gasteiger partial charge in [-0.25, -0.2) is 4.79 Å². The van der Waals surface area contributed by atoms with E-state index >= 15 is 0 Å². The Morgan fingerprint density at radius 3 is 2.89 bits per heavy atom. The van der Waals surface area contributed by atoms with Gasteiger partial charge in [-0.1, -0.05) is 0 Å². The smallest absolute Gasteiger partial charge is 0.335 e. The third kappa shape index (κ3) is 2.18. The fraction of sp³-hybridized carbons (Fsp3) is 0.538. The predicted molar refractivity (Wildman–Crippen MR) is 65.4 cm³/mol. The van der Waals surface area contributed by atoms with Crippen LogP contribution in [0, 0.1) is 0 Å². The SMILES string of the molecule is O=C(c1ccc(=O)oc1)N1CCC2CCC(C1)N2. The van der Waals surface area contributed by atoms with E-state index in [1.165, 1.54) is 24.8 Å². The van der Waals surface area contributed by atoms with Gasteiger partial charge in [0.2, 0.25) is 0 Å². The molecule has 5 nitrogen and oxygen atoms in total. The second kappa shape index (κ2) is 4.57. The van der Waals surface area contributed by atoms with E-state index in [0.29, 0.717) is 17.6 Å². The molecule has 2 unspecified atom stereocenters. The lowest BCUT2D eigenvalue weighted by molar-refractivity contribution is 0.0745. The minimum atomic E-state index is -0.428. The summed E-state index contributed by atoms with van der Waals surface area (Å²) >= 11 is 0. The van der Waals surface area contributed by atoms with Crippen LogP contribution in [0.3, 0.4) is 0 Å². The number of carbonyl (C=O) groups excluding carboxylic acids is 1. The normalized spacial score (nSPS) is 27.0. The van der Waals surface area contributed by atoms with E-state index in [2.05, 4.69) is 5.32 Å². The third-order valence-electron chi connectivity index (χ3n) is 3.76. The molecular formula is C13H16N2O3. The molecule has 0 aromatic carbocycles. The van der Waals surface area contributed by atoms with Crippen LogP contribution in [0.2, 0.25) is 0 Å². The molecule has 1 aromatic rings. The van der Waals surface area contributed by atoms with E-state index in [4.69, 9.17) is 4.42 Å². The van der Waals surface area contributed by atoms with Gasteiger partial charge in [0, 0.05) is 31.2 Å². The Morgan fingerprint density at radius 1 is 1.28 bits per heavy atom. The fourth-order valence-corrected chi connectivity index (χ4v) is 2.79. The molecule has 5 heteroatoms. The highest BCUT2D eigenvalue weighted by molar-refractivity contribution is 5.93. The zero-order chi connectivity index (χ0) is 12.5. The second-order valence-electron chi connectivity index (χ2n) is 5.02. The summed E-state index contributed by atoms with van der Waals surface area (Å²) in [4.78, 5) is 25.0. The molecule has 18 heavy (non-hydrogen) atoms. The summed E-state index contributed by atoms with van der Waals surface area (Å²) in [5.41, 5.74) is 0.0236. The molecule has 1 N–H and O–H groups in total. The number of likely N-dealkylation sites (tertiary alicyclic amines) is 1. The van der Waals surface area contributed by atoms with Gasteiger partial charge in [0.1, 0.15) is 6.26 Å². The Hall–Kier alpha value is -1.62. The number of rotatable bonds is 1. The third-order valence-corrected chi connectivity index (χ3v) is 3.76. The van der Waals surface area contributed by atoms with Crippen LogP contribution in [0.25, 0.3) is 0 Å². The fourth-order valence-electron chi connectivity index (χ4n) is 2.79. The summed E-state index contributed by atoms with van der Waals surface area (Å²) in [6.07, 6.45) is 4.60. The van der Waals surface area contributed by atoms with Crippen LogP contribution in [-0.2, 0) is 0 Å². The summed E-state index contributed by atoms with van der Waals surface area (Å²) in [6.45, 7) is 1.51. The standard InChI is InChI=1S/C13H16N2O3/c16-12-4-1-9(8-18-12)13(17)15-6-5-10-2-3-11(7-15)14-10/h1,4,8,10-11,14H,2-3,5-7H2. The summed E-state index contributed by atoms with van der Waals surface area (Å²) in [6, 6.07) is 3.79. The monoisotopic (exact) mass is 248 g/mol. The van der Waals surface area contributed by atoms with Gasteiger partial charge in [-0.05, 0) is 25.3 Å². The molecule has 2 aliphatic heterocycles. The number of hydrogen-bond acceptors (Lipinski definition) is 4. The molecule has 2 fully saturated rings. The van der Waals surface area contributed by atoms with Gasteiger partial charge in [-0.2, -0.15) is 0 Å². The Morgan fingerprint density at radius 2 is 2.11 bits per heavy atom. The lowest BCUT2D eigenvalue weighted by atomic mass is 10.1. The van der Waals surface area contributed by atoms with Crippen molar-refractivity contribution in [1.29, 1.82) is 0 Å². The van der Waals surface area contributed by atoms with Crippen molar-refractivity contribution >= 4 is 5.91 Å². The van der Waals surface area contributed by atoms with E-state index < -0.39 is 5.63 Å². The first-order chi connectivity index (χ1) is 8.72. The Kier molecular flexibility index (Phi) is 2.91. The van der Waals surface area contributed by atoms with Crippen LogP contribution < -0.4 is 10.9 Å². The molecule has 2 aliphatic rings. The molecule has 0 aliphatic carbocycles. The van der Waals surface area contributed by atoms with Gasteiger partial charge in [-0.3, -0.25) is 4.79 Å². The molecule has 96 valence electrons. The number of nitrogens with one attached hydrogen (secondary N) is 1. The van der Waals surface area contributed by atoms with Crippen LogP contribution in [0.15, 0.2) is 27.6 Å². The number of hydrogen-bond donors (Lipinski definition) is 1. The first kappa shape index (κ1) is 11.5. The lowest BCUT2D eigenvalue weighted by Gasteiger charge is -2.24. The maximum absolute atomic E-state index is 12.3. The molecule has 0 radical (unpaired) electrons. The molecule has 2 bridgehead atoms. The predicted octanol–water partition coefficient (Wildman–Crippen LogP) is 0.606. The van der Waals surface area contributed by atoms with E-state index in [1.807, 2.05) is 4.90 Å². The molecule has 1 amide bonds. The van der Waals surface area contributed by atoms with Gasteiger partial charge in [0.25, 0.3) is 5.91 Å². The first-order valence-corrected chi connectivity index (χ1v) is 6.36. The van der Waals surface area contributed by atoms with Crippen LogP contribution in [0.1, 0.15) is 29.6 Å². The van der Waals surface area contributed by atoms with E-state index in [-0.39, 0.29) is 5.91 Å². The van der Waals surface area contributed by atoms with Crippen molar-refractivity contribution in [2.24, 2.45) is 0 Å². The highest BCUT2D eigenvalue weighted by atomic mass is 16.4. The number of amides is 1. The van der Waals surface area contributed by atoms with Crippen molar-refractivity contribution in [3.63, 3.8) is 0 Å². The molecule has 2 atom stereocenters. The van der Waals surface area contributed by atoms with Gasteiger partial charge < -0.3 is 14.6 Å². The Bertz CT molecular complexity index is 491. The van der Waals surface area contributed by atoms with Gasteiger partial charge in [0.15, 0.2) is 0 Å². The van der Waals surface area contributed by atoms with Gasteiger partial charge in [-0.15, -0.1) is 0 Å². The number of carbonyl (C=O) groups is 1. The van der Waals surface area contributed by atoms with Crippen LogP contribution in [0.5, 0.6) is 0 Å². The zero-order valence-corrected chi connectivity index (χ0v) is 10.1. The molecule has 0 saturated carbocycles. The summed E-state index contributed by atoms with van der Waals surface area (Å²) in [5.74, 6) is -0.0481. The first-order valence-electron chi connectivity index (χ1n) is 6.36. The molecule has 3 heterocycles. The quantitative estimate of drug-likeness (QED) is 0.790.